The van der Waals surface area contributed by atoms with Gasteiger partial charge in [-0.15, -0.1) is 0 Å². The largest absolute Gasteiger partial charge is 0.263 e. The van der Waals surface area contributed by atoms with Crippen LogP contribution in [0.25, 0.3) is 0 Å². The third-order valence-corrected chi connectivity index (χ3v) is 1.44. The fourth-order valence-corrected chi connectivity index (χ4v) is 0.750. The van der Waals surface area contributed by atoms with Crippen LogP contribution in [-0.2, 0) is 6.42 Å². The molecular formula is C6H10N4O. The molecule has 0 fully saturated rings. The van der Waals surface area contributed by atoms with Crippen molar-refractivity contribution in [3.05, 3.63) is 17.1 Å². The quantitative estimate of drug-likeness (QED) is 0.654. The van der Waals surface area contributed by atoms with Gasteiger partial charge in [0.1, 0.15) is 12.2 Å². The van der Waals surface area contributed by atoms with E-state index in [0.29, 0.717) is 0 Å². The minimum atomic E-state index is -0.139. The van der Waals surface area contributed by atoms with Gasteiger partial charge in [-0.1, -0.05) is 5.18 Å². The summed E-state index contributed by atoms with van der Waals surface area (Å²) in [5.74, 6) is 0.806. The molecule has 0 aromatic carbocycles. The van der Waals surface area contributed by atoms with E-state index in [1.807, 2.05) is 0 Å². The lowest BCUT2D eigenvalue weighted by molar-refractivity contribution is 0.647. The number of nitrogens with zero attached hydrogens (tertiary/aromatic N) is 3. The van der Waals surface area contributed by atoms with E-state index >= 15 is 0 Å². The molecule has 0 saturated carbocycles. The van der Waals surface area contributed by atoms with Crippen LogP contribution in [0.5, 0.6) is 0 Å². The molecule has 60 valence electrons. The Morgan fingerprint density at radius 2 is 2.64 bits per heavy atom. The zero-order valence-electron chi connectivity index (χ0n) is 6.32. The lowest BCUT2D eigenvalue weighted by Gasteiger charge is -1.97. The molecule has 0 aliphatic carbocycles. The second-order valence-corrected chi connectivity index (χ2v) is 2.43. The van der Waals surface area contributed by atoms with Gasteiger partial charge in [-0.3, -0.25) is 5.10 Å². The second kappa shape index (κ2) is 3.80. The Balaban J connectivity index is 2.28. The maximum absolute atomic E-state index is 9.97. The van der Waals surface area contributed by atoms with Crippen molar-refractivity contribution in [3.63, 3.8) is 0 Å². The molecule has 0 aliphatic rings. The molecule has 0 saturated heterocycles. The highest BCUT2D eigenvalue weighted by atomic mass is 16.3. The first kappa shape index (κ1) is 7.84. The Kier molecular flexibility index (Phi) is 2.71. The second-order valence-electron chi connectivity index (χ2n) is 2.43. The van der Waals surface area contributed by atoms with Crippen molar-refractivity contribution in [3.8, 4) is 0 Å². The summed E-state index contributed by atoms with van der Waals surface area (Å²) < 4.78 is 0. The van der Waals surface area contributed by atoms with Crippen LogP contribution in [0.4, 0.5) is 0 Å². The summed E-state index contributed by atoms with van der Waals surface area (Å²) in [7, 11) is 0. The van der Waals surface area contributed by atoms with Crippen LogP contribution in [0, 0.1) is 4.91 Å². The van der Waals surface area contributed by atoms with Gasteiger partial charge in [0.05, 0.1) is 6.04 Å². The van der Waals surface area contributed by atoms with E-state index in [0.717, 1.165) is 18.7 Å². The van der Waals surface area contributed by atoms with Crippen molar-refractivity contribution < 1.29 is 0 Å². The molecule has 1 N–H and O–H groups in total. The molecule has 0 radical (unpaired) electrons. The topological polar surface area (TPSA) is 71.0 Å². The standard InChI is InChI=1S/C6H10N4O/c1-5(10-11)2-3-6-7-4-8-9-6/h4-5H,2-3H2,1H3,(H,7,8,9). The van der Waals surface area contributed by atoms with Crippen molar-refractivity contribution in [2.75, 3.05) is 0 Å². The van der Waals surface area contributed by atoms with Crippen molar-refractivity contribution in [1.29, 1.82) is 0 Å². The molecule has 5 nitrogen and oxygen atoms in total. The Hall–Kier alpha value is -1.26. The van der Waals surface area contributed by atoms with Gasteiger partial charge in [0.25, 0.3) is 0 Å². The predicted molar refractivity (Wildman–Crippen MR) is 40.0 cm³/mol. The molecule has 1 rings (SSSR count). The third-order valence-electron chi connectivity index (χ3n) is 1.44. The minimum Gasteiger partial charge on any atom is -0.263 e. The Bertz CT molecular complexity index is 208. The molecule has 1 heterocycles. The average Bonchev–Trinajstić information content (AvgIpc) is 2.52. The third kappa shape index (κ3) is 2.45. The van der Waals surface area contributed by atoms with Crippen LogP contribution in [0.1, 0.15) is 19.2 Å². The molecule has 0 bridgehead atoms. The van der Waals surface area contributed by atoms with Gasteiger partial charge in [0, 0.05) is 6.42 Å². The van der Waals surface area contributed by atoms with E-state index in [1.54, 1.807) is 6.92 Å². The maximum Gasteiger partial charge on any atom is 0.137 e. The molecule has 5 heteroatoms. The number of H-pyrrole nitrogens is 1. The first-order valence-electron chi connectivity index (χ1n) is 3.49. The highest BCUT2D eigenvalue weighted by Crippen LogP contribution is 2.00. The number of aromatic nitrogens is 3. The first-order chi connectivity index (χ1) is 5.33. The molecule has 0 aliphatic heterocycles. The fraction of sp³-hybridized carbons (Fsp3) is 0.667. The summed E-state index contributed by atoms with van der Waals surface area (Å²) in [6.45, 7) is 1.78. The number of rotatable bonds is 4. The molecule has 1 unspecified atom stereocenters. The van der Waals surface area contributed by atoms with Gasteiger partial charge in [-0.05, 0) is 13.3 Å². The molecule has 1 aromatic rings. The summed E-state index contributed by atoms with van der Waals surface area (Å²) in [6.07, 6.45) is 2.90. The van der Waals surface area contributed by atoms with Gasteiger partial charge >= 0.3 is 0 Å². The maximum atomic E-state index is 9.97. The van der Waals surface area contributed by atoms with Crippen molar-refractivity contribution in [2.24, 2.45) is 5.18 Å². The van der Waals surface area contributed by atoms with E-state index in [4.69, 9.17) is 0 Å². The van der Waals surface area contributed by atoms with Crippen molar-refractivity contribution >= 4 is 0 Å². The smallest absolute Gasteiger partial charge is 0.137 e. The predicted octanol–water partition coefficient (Wildman–Crippen LogP) is 0.892. The van der Waals surface area contributed by atoms with Crippen LogP contribution in [-0.4, -0.2) is 21.2 Å². The highest BCUT2D eigenvalue weighted by Gasteiger charge is 2.02. The first-order valence-corrected chi connectivity index (χ1v) is 3.49. The average molecular weight is 154 g/mol. The molecule has 0 amide bonds. The summed E-state index contributed by atoms with van der Waals surface area (Å²) in [5, 5.41) is 9.27. The molecule has 0 spiro atoms. The summed E-state index contributed by atoms with van der Waals surface area (Å²) in [6, 6.07) is -0.139. The van der Waals surface area contributed by atoms with Crippen LogP contribution < -0.4 is 0 Å². The van der Waals surface area contributed by atoms with E-state index in [9.17, 15) is 4.91 Å². The summed E-state index contributed by atoms with van der Waals surface area (Å²) in [5.41, 5.74) is 0. The number of nitroso groups, excluding NO2 is 1. The Morgan fingerprint density at radius 1 is 1.82 bits per heavy atom. The van der Waals surface area contributed by atoms with E-state index in [2.05, 4.69) is 20.4 Å². The Labute approximate surface area is 64.2 Å². The number of aryl methyl sites for hydroxylation is 1. The lowest BCUT2D eigenvalue weighted by atomic mass is 10.2. The lowest BCUT2D eigenvalue weighted by Crippen LogP contribution is -2.00. The van der Waals surface area contributed by atoms with E-state index in [-0.39, 0.29) is 6.04 Å². The zero-order chi connectivity index (χ0) is 8.10. The van der Waals surface area contributed by atoms with Crippen LogP contribution in [0.15, 0.2) is 11.5 Å². The number of nitrogens with one attached hydrogen (secondary N) is 1. The minimum absolute atomic E-state index is 0.139. The van der Waals surface area contributed by atoms with Gasteiger partial charge < -0.3 is 0 Å². The van der Waals surface area contributed by atoms with Crippen molar-refractivity contribution in [2.45, 2.75) is 25.8 Å². The van der Waals surface area contributed by atoms with Gasteiger partial charge in [-0.2, -0.15) is 10.0 Å². The molecule has 1 atom stereocenters. The van der Waals surface area contributed by atoms with Crippen molar-refractivity contribution in [1.82, 2.24) is 15.2 Å². The monoisotopic (exact) mass is 154 g/mol. The normalized spacial score (nSPS) is 12.8. The number of hydrogen-bond donors (Lipinski definition) is 1. The number of hydrogen-bond acceptors (Lipinski definition) is 4. The fourth-order valence-electron chi connectivity index (χ4n) is 0.750. The van der Waals surface area contributed by atoms with Gasteiger partial charge in [0.2, 0.25) is 0 Å². The van der Waals surface area contributed by atoms with E-state index < -0.39 is 0 Å². The van der Waals surface area contributed by atoms with E-state index in [1.165, 1.54) is 6.33 Å². The Morgan fingerprint density at radius 3 is 3.18 bits per heavy atom. The summed E-state index contributed by atoms with van der Waals surface area (Å²) in [4.78, 5) is 13.9. The molecular weight excluding hydrogens is 144 g/mol. The van der Waals surface area contributed by atoms with Crippen LogP contribution in [0.3, 0.4) is 0 Å². The van der Waals surface area contributed by atoms with Gasteiger partial charge in [-0.25, -0.2) is 4.98 Å². The van der Waals surface area contributed by atoms with Crippen LogP contribution >= 0.6 is 0 Å². The van der Waals surface area contributed by atoms with Gasteiger partial charge in [0.15, 0.2) is 0 Å². The summed E-state index contributed by atoms with van der Waals surface area (Å²) >= 11 is 0. The SMILES string of the molecule is CC(CCc1ncn[nH]1)N=O. The van der Waals surface area contributed by atoms with Crippen LogP contribution in [0.2, 0.25) is 0 Å². The molecule has 1 aromatic heterocycles. The molecule has 11 heavy (non-hydrogen) atoms. The zero-order valence-corrected chi connectivity index (χ0v) is 6.32. The highest BCUT2D eigenvalue weighted by molar-refractivity contribution is 4.81. The number of aromatic amines is 1.